The van der Waals surface area contributed by atoms with E-state index in [9.17, 15) is 4.79 Å². The first-order valence-electron chi connectivity index (χ1n) is 7.30. The fourth-order valence-corrected chi connectivity index (χ4v) is 3.27. The highest BCUT2D eigenvalue weighted by molar-refractivity contribution is 7.11. The van der Waals surface area contributed by atoms with Gasteiger partial charge in [0.25, 0.3) is 5.91 Å². The lowest BCUT2D eigenvalue weighted by Crippen LogP contribution is -2.40. The molecular formula is C15H19N3O2S. The predicted octanol–water partition coefficient (Wildman–Crippen LogP) is 2.69. The second-order valence-corrected chi connectivity index (χ2v) is 6.07. The minimum Gasteiger partial charge on any atom is -0.468 e. The van der Waals surface area contributed by atoms with Crippen molar-refractivity contribution >= 4 is 17.2 Å². The molecule has 1 aliphatic heterocycles. The van der Waals surface area contributed by atoms with Gasteiger partial charge in [0.05, 0.1) is 12.3 Å². The van der Waals surface area contributed by atoms with Crippen molar-refractivity contribution < 1.29 is 9.21 Å². The molecular weight excluding hydrogens is 286 g/mol. The summed E-state index contributed by atoms with van der Waals surface area (Å²) in [4.78, 5) is 18.5. The summed E-state index contributed by atoms with van der Waals surface area (Å²) in [5.74, 6) is 0.801. The molecule has 1 amide bonds. The summed E-state index contributed by atoms with van der Waals surface area (Å²) in [6.45, 7) is 2.66. The number of rotatable bonds is 5. The van der Waals surface area contributed by atoms with Crippen LogP contribution in [0.2, 0.25) is 0 Å². The van der Waals surface area contributed by atoms with Gasteiger partial charge in [-0.05, 0) is 38.1 Å². The van der Waals surface area contributed by atoms with Gasteiger partial charge in [-0.15, -0.1) is 11.3 Å². The zero-order valence-electron chi connectivity index (χ0n) is 11.8. The van der Waals surface area contributed by atoms with Crippen LogP contribution in [0.25, 0.3) is 0 Å². The van der Waals surface area contributed by atoms with E-state index in [4.69, 9.17) is 4.42 Å². The first kappa shape index (κ1) is 14.3. The van der Waals surface area contributed by atoms with E-state index in [1.54, 1.807) is 12.5 Å². The number of carbonyl (C=O) groups excluding carboxylic acids is 1. The average Bonchev–Trinajstić information content (AvgIpc) is 3.22. The Morgan fingerprint density at radius 2 is 2.29 bits per heavy atom. The number of nitrogens with one attached hydrogen (secondary N) is 1. The number of likely N-dealkylation sites (tertiary alicyclic amines) is 1. The Balaban J connectivity index is 1.66. The highest BCUT2D eigenvalue weighted by Gasteiger charge is 2.25. The number of furan rings is 1. The maximum absolute atomic E-state index is 12.1. The van der Waals surface area contributed by atoms with Crippen LogP contribution in [0.5, 0.6) is 0 Å². The minimum absolute atomic E-state index is 0.101. The molecule has 1 atom stereocenters. The predicted molar refractivity (Wildman–Crippen MR) is 81.3 cm³/mol. The van der Waals surface area contributed by atoms with Crippen molar-refractivity contribution in [3.05, 3.63) is 40.7 Å². The zero-order valence-corrected chi connectivity index (χ0v) is 12.6. The van der Waals surface area contributed by atoms with Gasteiger partial charge in [-0.25, -0.2) is 4.98 Å². The van der Waals surface area contributed by atoms with Gasteiger partial charge in [0, 0.05) is 18.1 Å². The Morgan fingerprint density at radius 1 is 1.43 bits per heavy atom. The highest BCUT2D eigenvalue weighted by Crippen LogP contribution is 2.24. The molecule has 2 aromatic rings. The number of carbonyl (C=O) groups is 1. The lowest BCUT2D eigenvalue weighted by atomic mass is 10.1. The summed E-state index contributed by atoms with van der Waals surface area (Å²) in [5, 5.41) is 5.29. The van der Waals surface area contributed by atoms with Crippen molar-refractivity contribution in [1.82, 2.24) is 15.2 Å². The lowest BCUT2D eigenvalue weighted by Gasteiger charge is -2.33. The molecule has 0 saturated carbocycles. The summed E-state index contributed by atoms with van der Waals surface area (Å²) < 4.78 is 5.57. The maximum atomic E-state index is 12.1. The average molecular weight is 305 g/mol. The number of aromatic nitrogens is 1. The maximum Gasteiger partial charge on any atom is 0.280 e. The van der Waals surface area contributed by atoms with E-state index >= 15 is 0 Å². The summed E-state index contributed by atoms with van der Waals surface area (Å²) in [6, 6.07) is 3.98. The van der Waals surface area contributed by atoms with Crippen LogP contribution in [0.15, 0.2) is 34.4 Å². The van der Waals surface area contributed by atoms with E-state index in [0.717, 1.165) is 18.8 Å². The fourth-order valence-electron chi connectivity index (χ4n) is 2.72. The number of amides is 1. The molecule has 0 radical (unpaired) electrons. The van der Waals surface area contributed by atoms with Gasteiger partial charge >= 0.3 is 0 Å². The molecule has 21 heavy (non-hydrogen) atoms. The molecule has 0 bridgehead atoms. The van der Waals surface area contributed by atoms with Crippen LogP contribution in [0.3, 0.4) is 0 Å². The molecule has 0 spiro atoms. The van der Waals surface area contributed by atoms with Gasteiger partial charge in [0.1, 0.15) is 5.76 Å². The first-order chi connectivity index (χ1) is 10.3. The summed E-state index contributed by atoms with van der Waals surface area (Å²) in [5.41, 5.74) is 0. The van der Waals surface area contributed by atoms with Gasteiger partial charge in [0.2, 0.25) is 0 Å². The van der Waals surface area contributed by atoms with E-state index < -0.39 is 0 Å². The molecule has 6 heteroatoms. The smallest absolute Gasteiger partial charge is 0.280 e. The summed E-state index contributed by atoms with van der Waals surface area (Å²) in [7, 11) is 0. The topological polar surface area (TPSA) is 58.4 Å². The molecule has 1 N–H and O–H groups in total. The third kappa shape index (κ3) is 3.51. The number of nitrogens with zero attached hydrogens (tertiary/aromatic N) is 2. The van der Waals surface area contributed by atoms with Crippen LogP contribution in [-0.4, -0.2) is 35.4 Å². The van der Waals surface area contributed by atoms with Crippen LogP contribution >= 0.6 is 11.3 Å². The monoisotopic (exact) mass is 305 g/mol. The second kappa shape index (κ2) is 6.87. The summed E-state index contributed by atoms with van der Waals surface area (Å²) in [6.07, 6.45) is 7.03. The van der Waals surface area contributed by atoms with Crippen LogP contribution in [0, 0.1) is 0 Å². The number of thiazole rings is 1. The van der Waals surface area contributed by atoms with Crippen molar-refractivity contribution in [1.29, 1.82) is 0 Å². The third-order valence-corrected chi connectivity index (χ3v) is 4.56. The van der Waals surface area contributed by atoms with Gasteiger partial charge < -0.3 is 9.73 Å². The Hall–Kier alpha value is -1.66. The SMILES string of the molecule is O=C(NC[C@H](c1ccco1)N1CCCCC1)c1nccs1. The van der Waals surface area contributed by atoms with Gasteiger partial charge in [-0.2, -0.15) is 0 Å². The van der Waals surface area contributed by atoms with Gasteiger partial charge in [-0.1, -0.05) is 6.42 Å². The molecule has 0 unspecified atom stereocenters. The van der Waals surface area contributed by atoms with Crippen LogP contribution < -0.4 is 5.32 Å². The van der Waals surface area contributed by atoms with Crippen LogP contribution in [-0.2, 0) is 0 Å². The first-order valence-corrected chi connectivity index (χ1v) is 8.18. The number of piperidine rings is 1. The molecule has 1 aliphatic rings. The quantitative estimate of drug-likeness (QED) is 0.922. The third-order valence-electron chi connectivity index (χ3n) is 3.79. The largest absolute Gasteiger partial charge is 0.468 e. The van der Waals surface area contributed by atoms with Crippen molar-refractivity contribution in [3.63, 3.8) is 0 Å². The van der Waals surface area contributed by atoms with Crippen LogP contribution in [0.4, 0.5) is 0 Å². The molecule has 112 valence electrons. The zero-order chi connectivity index (χ0) is 14.5. The molecule has 3 rings (SSSR count). The Labute approximate surface area is 128 Å². The van der Waals surface area contributed by atoms with Crippen molar-refractivity contribution in [2.24, 2.45) is 0 Å². The lowest BCUT2D eigenvalue weighted by molar-refractivity contribution is 0.0914. The van der Waals surface area contributed by atoms with Crippen molar-refractivity contribution in [2.45, 2.75) is 25.3 Å². The van der Waals surface area contributed by atoms with Crippen molar-refractivity contribution in [2.75, 3.05) is 19.6 Å². The molecule has 1 saturated heterocycles. The van der Waals surface area contributed by atoms with E-state index in [0.29, 0.717) is 11.6 Å². The van der Waals surface area contributed by atoms with E-state index in [1.165, 1.54) is 30.6 Å². The second-order valence-electron chi connectivity index (χ2n) is 5.18. The number of hydrogen-bond acceptors (Lipinski definition) is 5. The van der Waals surface area contributed by atoms with E-state index in [-0.39, 0.29) is 11.9 Å². The number of hydrogen-bond donors (Lipinski definition) is 1. The highest BCUT2D eigenvalue weighted by atomic mass is 32.1. The van der Waals surface area contributed by atoms with Crippen LogP contribution in [0.1, 0.15) is 40.9 Å². The molecule has 3 heterocycles. The van der Waals surface area contributed by atoms with E-state index in [2.05, 4.69) is 15.2 Å². The Bertz CT molecular complexity index is 548. The standard InChI is InChI=1S/C15H19N3O2S/c19-14(15-16-6-10-21-15)17-11-12(13-5-4-9-20-13)18-7-2-1-3-8-18/h4-6,9-10,12H,1-3,7-8,11H2,(H,17,19)/t12-/m1/s1. The Morgan fingerprint density at radius 3 is 2.95 bits per heavy atom. The van der Waals surface area contributed by atoms with Gasteiger partial charge in [0.15, 0.2) is 5.01 Å². The molecule has 0 aliphatic carbocycles. The molecule has 1 fully saturated rings. The molecule has 2 aromatic heterocycles. The minimum atomic E-state index is -0.112. The Kier molecular flexibility index (Phi) is 4.67. The van der Waals surface area contributed by atoms with Crippen molar-refractivity contribution in [3.8, 4) is 0 Å². The molecule has 5 nitrogen and oxygen atoms in total. The van der Waals surface area contributed by atoms with E-state index in [1.807, 2.05) is 17.5 Å². The summed E-state index contributed by atoms with van der Waals surface area (Å²) >= 11 is 1.36. The molecule has 0 aromatic carbocycles. The van der Waals surface area contributed by atoms with Gasteiger partial charge in [-0.3, -0.25) is 9.69 Å². The fraction of sp³-hybridized carbons (Fsp3) is 0.467. The normalized spacial score (nSPS) is 17.5.